The van der Waals surface area contributed by atoms with Gasteiger partial charge in [-0.1, -0.05) is 12.2 Å². The summed E-state index contributed by atoms with van der Waals surface area (Å²) in [6.45, 7) is 1.50. The largest absolute Gasteiger partial charge is 0.334 e. The van der Waals surface area contributed by atoms with Crippen LogP contribution in [0.2, 0.25) is 0 Å². The third-order valence-corrected chi connectivity index (χ3v) is 2.78. The van der Waals surface area contributed by atoms with Gasteiger partial charge in [0.15, 0.2) is 0 Å². The second kappa shape index (κ2) is 2.59. The summed E-state index contributed by atoms with van der Waals surface area (Å²) in [5, 5.41) is 0. The van der Waals surface area contributed by atoms with Crippen LogP contribution in [-0.4, -0.2) is 29.4 Å². The lowest BCUT2D eigenvalue weighted by atomic mass is 9.76. The molecule has 0 bridgehead atoms. The highest BCUT2D eigenvalue weighted by atomic mass is 16.2. The van der Waals surface area contributed by atoms with Crippen molar-refractivity contribution in [1.29, 1.82) is 0 Å². The molecule has 2 N–H and O–H groups in total. The molecule has 0 aromatic heterocycles. The summed E-state index contributed by atoms with van der Waals surface area (Å²) in [7, 11) is 0. The second-order valence-corrected chi connectivity index (χ2v) is 3.69. The van der Waals surface area contributed by atoms with Crippen molar-refractivity contribution in [3.05, 3.63) is 12.2 Å². The Labute approximate surface area is 72.2 Å². The standard InChI is InChI=1S/C9H14N2O/c10-9(4-3-5-9)8(12)11-6-1-2-7-11/h1-2H,3-7,10H2. The first-order chi connectivity index (χ1) is 5.72. The van der Waals surface area contributed by atoms with Crippen LogP contribution in [0.1, 0.15) is 19.3 Å². The van der Waals surface area contributed by atoms with Crippen molar-refractivity contribution in [3.8, 4) is 0 Å². The summed E-state index contributed by atoms with van der Waals surface area (Å²) in [6, 6.07) is 0. The van der Waals surface area contributed by atoms with E-state index in [-0.39, 0.29) is 5.91 Å². The highest BCUT2D eigenvalue weighted by Crippen LogP contribution is 2.31. The van der Waals surface area contributed by atoms with E-state index in [9.17, 15) is 4.79 Å². The molecule has 0 saturated heterocycles. The van der Waals surface area contributed by atoms with E-state index in [0.717, 1.165) is 32.4 Å². The maximum atomic E-state index is 11.7. The summed E-state index contributed by atoms with van der Waals surface area (Å²) in [5.41, 5.74) is 5.40. The fourth-order valence-electron chi connectivity index (χ4n) is 1.73. The Morgan fingerprint density at radius 1 is 1.33 bits per heavy atom. The molecular formula is C9H14N2O. The third-order valence-electron chi connectivity index (χ3n) is 2.78. The summed E-state index contributed by atoms with van der Waals surface area (Å²) >= 11 is 0. The highest BCUT2D eigenvalue weighted by Gasteiger charge is 2.42. The summed E-state index contributed by atoms with van der Waals surface area (Å²) in [5.74, 6) is 0.138. The topological polar surface area (TPSA) is 46.3 Å². The molecule has 12 heavy (non-hydrogen) atoms. The predicted octanol–water partition coefficient (Wildman–Crippen LogP) is 0.266. The lowest BCUT2D eigenvalue weighted by Crippen LogP contribution is -2.59. The van der Waals surface area contributed by atoms with Crippen LogP contribution in [0.25, 0.3) is 0 Å². The molecule has 0 radical (unpaired) electrons. The van der Waals surface area contributed by atoms with Crippen molar-refractivity contribution in [3.63, 3.8) is 0 Å². The van der Waals surface area contributed by atoms with Crippen LogP contribution < -0.4 is 5.73 Å². The number of carbonyl (C=O) groups excluding carboxylic acids is 1. The van der Waals surface area contributed by atoms with E-state index < -0.39 is 5.54 Å². The second-order valence-electron chi connectivity index (χ2n) is 3.69. The number of nitrogens with two attached hydrogens (primary N) is 1. The van der Waals surface area contributed by atoms with E-state index >= 15 is 0 Å². The number of rotatable bonds is 1. The van der Waals surface area contributed by atoms with Crippen LogP contribution in [-0.2, 0) is 4.79 Å². The van der Waals surface area contributed by atoms with E-state index in [1.54, 1.807) is 0 Å². The molecule has 3 heteroatoms. The number of hydrogen-bond acceptors (Lipinski definition) is 2. The first kappa shape index (κ1) is 7.80. The fourth-order valence-corrected chi connectivity index (χ4v) is 1.73. The first-order valence-electron chi connectivity index (χ1n) is 4.46. The molecule has 1 amide bonds. The van der Waals surface area contributed by atoms with Crippen LogP contribution >= 0.6 is 0 Å². The van der Waals surface area contributed by atoms with Gasteiger partial charge < -0.3 is 10.6 Å². The van der Waals surface area contributed by atoms with E-state index in [1.807, 2.05) is 17.1 Å². The molecule has 2 aliphatic rings. The molecule has 0 spiro atoms. The molecule has 2 rings (SSSR count). The van der Waals surface area contributed by atoms with Gasteiger partial charge in [0.05, 0.1) is 5.54 Å². The maximum absolute atomic E-state index is 11.7. The summed E-state index contributed by atoms with van der Waals surface area (Å²) < 4.78 is 0. The van der Waals surface area contributed by atoms with Crippen molar-refractivity contribution in [2.75, 3.05) is 13.1 Å². The average Bonchev–Trinajstić information content (AvgIpc) is 2.50. The molecule has 0 aromatic carbocycles. The number of nitrogens with zero attached hydrogens (tertiary/aromatic N) is 1. The molecule has 1 fully saturated rings. The summed E-state index contributed by atoms with van der Waals surface area (Å²) in [4.78, 5) is 13.5. The zero-order chi connectivity index (χ0) is 8.60. The molecule has 1 saturated carbocycles. The van der Waals surface area contributed by atoms with Gasteiger partial charge in [-0.3, -0.25) is 4.79 Å². The van der Waals surface area contributed by atoms with Gasteiger partial charge in [0.2, 0.25) is 5.91 Å². The molecular weight excluding hydrogens is 152 g/mol. The van der Waals surface area contributed by atoms with E-state index in [4.69, 9.17) is 5.73 Å². The number of carbonyl (C=O) groups is 1. The van der Waals surface area contributed by atoms with Gasteiger partial charge in [-0.15, -0.1) is 0 Å². The average molecular weight is 166 g/mol. The molecule has 3 nitrogen and oxygen atoms in total. The smallest absolute Gasteiger partial charge is 0.243 e. The van der Waals surface area contributed by atoms with Gasteiger partial charge in [0.1, 0.15) is 0 Å². The minimum absolute atomic E-state index is 0.138. The van der Waals surface area contributed by atoms with Crippen molar-refractivity contribution < 1.29 is 4.79 Å². The minimum Gasteiger partial charge on any atom is -0.334 e. The molecule has 0 unspecified atom stereocenters. The van der Waals surface area contributed by atoms with Crippen LogP contribution in [0.15, 0.2) is 12.2 Å². The van der Waals surface area contributed by atoms with Gasteiger partial charge in [0, 0.05) is 13.1 Å². The Morgan fingerprint density at radius 2 is 1.92 bits per heavy atom. The monoisotopic (exact) mass is 166 g/mol. The Hall–Kier alpha value is -0.830. The molecule has 0 aromatic rings. The molecule has 66 valence electrons. The molecule has 1 aliphatic carbocycles. The van der Waals surface area contributed by atoms with Gasteiger partial charge >= 0.3 is 0 Å². The van der Waals surface area contributed by atoms with Crippen molar-refractivity contribution in [1.82, 2.24) is 4.90 Å². The van der Waals surface area contributed by atoms with E-state index in [0.29, 0.717) is 0 Å². The third kappa shape index (κ3) is 1.05. The quantitative estimate of drug-likeness (QED) is 0.568. The summed E-state index contributed by atoms with van der Waals surface area (Å²) in [6.07, 6.45) is 6.86. The van der Waals surface area contributed by atoms with Gasteiger partial charge in [-0.05, 0) is 19.3 Å². The zero-order valence-corrected chi connectivity index (χ0v) is 7.12. The molecule has 1 aliphatic heterocycles. The normalized spacial score (nSPS) is 25.6. The molecule has 0 atom stereocenters. The lowest BCUT2D eigenvalue weighted by Gasteiger charge is -2.39. The maximum Gasteiger partial charge on any atom is 0.243 e. The van der Waals surface area contributed by atoms with Crippen LogP contribution in [0.4, 0.5) is 0 Å². The SMILES string of the molecule is NC1(C(=O)N2CC=CC2)CCC1. The number of hydrogen-bond donors (Lipinski definition) is 1. The predicted molar refractivity (Wildman–Crippen MR) is 46.5 cm³/mol. The fraction of sp³-hybridized carbons (Fsp3) is 0.667. The lowest BCUT2D eigenvalue weighted by molar-refractivity contribution is -0.138. The van der Waals surface area contributed by atoms with Crippen LogP contribution in [0, 0.1) is 0 Å². The van der Waals surface area contributed by atoms with Crippen molar-refractivity contribution in [2.24, 2.45) is 5.73 Å². The van der Waals surface area contributed by atoms with E-state index in [1.165, 1.54) is 0 Å². The number of amides is 1. The van der Waals surface area contributed by atoms with Gasteiger partial charge in [-0.25, -0.2) is 0 Å². The van der Waals surface area contributed by atoms with Crippen molar-refractivity contribution in [2.45, 2.75) is 24.8 Å². The highest BCUT2D eigenvalue weighted by molar-refractivity contribution is 5.87. The van der Waals surface area contributed by atoms with Gasteiger partial charge in [-0.2, -0.15) is 0 Å². The first-order valence-corrected chi connectivity index (χ1v) is 4.46. The Balaban J connectivity index is 1.99. The van der Waals surface area contributed by atoms with Gasteiger partial charge in [0.25, 0.3) is 0 Å². The Bertz CT molecular complexity index is 223. The zero-order valence-electron chi connectivity index (χ0n) is 7.12. The Kier molecular flexibility index (Phi) is 1.68. The molecule has 1 heterocycles. The Morgan fingerprint density at radius 3 is 2.33 bits per heavy atom. The van der Waals surface area contributed by atoms with Crippen LogP contribution in [0.3, 0.4) is 0 Å². The minimum atomic E-state index is -0.508. The van der Waals surface area contributed by atoms with Crippen molar-refractivity contribution >= 4 is 5.91 Å². The van der Waals surface area contributed by atoms with Crippen LogP contribution in [0.5, 0.6) is 0 Å². The van der Waals surface area contributed by atoms with E-state index in [2.05, 4.69) is 0 Å².